The summed E-state index contributed by atoms with van der Waals surface area (Å²) >= 11 is 0. The average molecular weight is 330 g/mol. The van der Waals surface area contributed by atoms with Crippen molar-refractivity contribution in [1.29, 1.82) is 0 Å². The van der Waals surface area contributed by atoms with E-state index in [0.29, 0.717) is 29.1 Å². The van der Waals surface area contributed by atoms with E-state index in [4.69, 9.17) is 10.3 Å². The minimum absolute atomic E-state index is 0.0187. The Morgan fingerprint density at radius 3 is 2.88 bits per heavy atom. The zero-order valence-corrected chi connectivity index (χ0v) is 13.1. The fourth-order valence-corrected chi connectivity index (χ4v) is 3.65. The van der Waals surface area contributed by atoms with E-state index in [0.717, 1.165) is 12.8 Å². The minimum atomic E-state index is -0.337. The van der Waals surface area contributed by atoms with Gasteiger partial charge in [0.05, 0.1) is 6.42 Å². The van der Waals surface area contributed by atoms with E-state index >= 15 is 0 Å². The van der Waals surface area contributed by atoms with Gasteiger partial charge in [-0.05, 0) is 30.7 Å². The van der Waals surface area contributed by atoms with Crippen LogP contribution in [0.5, 0.6) is 0 Å². The van der Waals surface area contributed by atoms with Crippen LogP contribution in [0.1, 0.15) is 36.0 Å². The SMILES string of the molecule is N[C@@H]1C[C@H](c2nc(CC(=O)NCc3ccccc3F)no2)[C@H]2C[C@H]21. The van der Waals surface area contributed by atoms with Crippen molar-refractivity contribution in [2.45, 2.75) is 37.8 Å². The molecule has 6 nitrogen and oxygen atoms in total. The summed E-state index contributed by atoms with van der Waals surface area (Å²) in [6, 6.07) is 6.57. The molecule has 0 unspecified atom stereocenters. The number of rotatable bonds is 5. The highest BCUT2D eigenvalue weighted by Gasteiger charge is 2.55. The zero-order valence-electron chi connectivity index (χ0n) is 13.1. The Bertz CT molecular complexity index is 763. The summed E-state index contributed by atoms with van der Waals surface area (Å²) in [4.78, 5) is 16.3. The monoisotopic (exact) mass is 330 g/mol. The van der Waals surface area contributed by atoms with Crippen LogP contribution in [0.4, 0.5) is 4.39 Å². The molecule has 1 aromatic carbocycles. The Kier molecular flexibility index (Phi) is 3.80. The predicted molar refractivity (Wildman–Crippen MR) is 83.2 cm³/mol. The van der Waals surface area contributed by atoms with Crippen LogP contribution in [0.15, 0.2) is 28.8 Å². The van der Waals surface area contributed by atoms with E-state index in [-0.39, 0.29) is 36.6 Å². The van der Waals surface area contributed by atoms with Gasteiger partial charge in [0.2, 0.25) is 11.8 Å². The first kappa shape index (κ1) is 15.3. The van der Waals surface area contributed by atoms with Crippen molar-refractivity contribution in [3.05, 3.63) is 47.4 Å². The highest BCUT2D eigenvalue weighted by Crippen LogP contribution is 2.58. The van der Waals surface area contributed by atoms with Gasteiger partial charge >= 0.3 is 0 Å². The molecule has 4 atom stereocenters. The second kappa shape index (κ2) is 5.98. The minimum Gasteiger partial charge on any atom is -0.352 e. The third kappa shape index (κ3) is 2.91. The van der Waals surface area contributed by atoms with Gasteiger partial charge in [-0.3, -0.25) is 4.79 Å². The Labute approximate surface area is 138 Å². The molecule has 0 radical (unpaired) electrons. The first-order valence-corrected chi connectivity index (χ1v) is 8.20. The van der Waals surface area contributed by atoms with Gasteiger partial charge in [0.1, 0.15) is 5.82 Å². The third-order valence-electron chi connectivity index (χ3n) is 5.04. The lowest BCUT2D eigenvalue weighted by atomic mass is 10.0. The van der Waals surface area contributed by atoms with Gasteiger partial charge in [-0.15, -0.1) is 0 Å². The van der Waals surface area contributed by atoms with E-state index in [2.05, 4.69) is 15.5 Å². The van der Waals surface area contributed by atoms with E-state index in [1.54, 1.807) is 18.2 Å². The smallest absolute Gasteiger partial charge is 0.230 e. The molecule has 2 fully saturated rings. The number of fused-ring (bicyclic) bond motifs is 1. The number of aromatic nitrogens is 2. The normalized spacial score (nSPS) is 27.8. The first-order valence-electron chi connectivity index (χ1n) is 8.20. The molecule has 126 valence electrons. The number of carbonyl (C=O) groups is 1. The van der Waals surface area contributed by atoms with E-state index in [1.165, 1.54) is 6.07 Å². The molecule has 2 saturated carbocycles. The Hall–Kier alpha value is -2.28. The number of hydrogen-bond acceptors (Lipinski definition) is 5. The van der Waals surface area contributed by atoms with Crippen molar-refractivity contribution in [3.8, 4) is 0 Å². The molecule has 3 N–H and O–H groups in total. The van der Waals surface area contributed by atoms with Crippen LogP contribution in [0.25, 0.3) is 0 Å². The summed E-state index contributed by atoms with van der Waals surface area (Å²) in [6.07, 6.45) is 2.02. The molecule has 0 saturated heterocycles. The molecule has 0 aliphatic heterocycles. The second-order valence-electron chi connectivity index (χ2n) is 6.66. The lowest BCUT2D eigenvalue weighted by Crippen LogP contribution is -2.25. The molecule has 4 rings (SSSR count). The molecule has 0 bridgehead atoms. The zero-order chi connectivity index (χ0) is 16.7. The summed E-state index contributed by atoms with van der Waals surface area (Å²) in [5, 5.41) is 6.56. The number of nitrogens with two attached hydrogens (primary N) is 1. The van der Waals surface area contributed by atoms with Crippen molar-refractivity contribution in [2.75, 3.05) is 0 Å². The number of halogens is 1. The van der Waals surface area contributed by atoms with Gasteiger partial charge in [-0.25, -0.2) is 4.39 Å². The number of benzene rings is 1. The van der Waals surface area contributed by atoms with Crippen molar-refractivity contribution in [2.24, 2.45) is 17.6 Å². The van der Waals surface area contributed by atoms with E-state index < -0.39 is 0 Å². The summed E-state index contributed by atoms with van der Waals surface area (Å²) in [7, 11) is 0. The maximum atomic E-state index is 13.5. The van der Waals surface area contributed by atoms with Crippen molar-refractivity contribution in [1.82, 2.24) is 15.5 Å². The van der Waals surface area contributed by atoms with Crippen LogP contribution >= 0.6 is 0 Å². The highest BCUT2D eigenvalue weighted by atomic mass is 19.1. The summed E-state index contributed by atoms with van der Waals surface area (Å²) in [6.45, 7) is 0.136. The average Bonchev–Trinajstić information content (AvgIpc) is 3.12. The molecular weight excluding hydrogens is 311 g/mol. The van der Waals surface area contributed by atoms with Gasteiger partial charge in [0.15, 0.2) is 5.82 Å². The van der Waals surface area contributed by atoms with E-state index in [1.807, 2.05) is 0 Å². The maximum Gasteiger partial charge on any atom is 0.230 e. The van der Waals surface area contributed by atoms with Gasteiger partial charge < -0.3 is 15.6 Å². The summed E-state index contributed by atoms with van der Waals surface area (Å²) in [5.41, 5.74) is 6.50. The molecule has 2 aliphatic rings. The Morgan fingerprint density at radius 1 is 1.33 bits per heavy atom. The molecule has 24 heavy (non-hydrogen) atoms. The largest absolute Gasteiger partial charge is 0.352 e. The molecule has 2 aliphatic carbocycles. The fraction of sp³-hybridized carbons (Fsp3) is 0.471. The van der Waals surface area contributed by atoms with Crippen LogP contribution in [-0.2, 0) is 17.8 Å². The van der Waals surface area contributed by atoms with Crippen LogP contribution < -0.4 is 11.1 Å². The lowest BCUT2D eigenvalue weighted by molar-refractivity contribution is -0.120. The summed E-state index contributed by atoms with van der Waals surface area (Å²) < 4.78 is 18.8. The number of hydrogen-bond donors (Lipinski definition) is 2. The number of nitrogens with zero attached hydrogens (tertiary/aromatic N) is 2. The fourth-order valence-electron chi connectivity index (χ4n) is 3.65. The number of carbonyl (C=O) groups excluding carboxylic acids is 1. The predicted octanol–water partition coefficient (Wildman–Crippen LogP) is 1.52. The van der Waals surface area contributed by atoms with Crippen molar-refractivity contribution >= 4 is 5.91 Å². The van der Waals surface area contributed by atoms with Gasteiger partial charge in [-0.1, -0.05) is 23.4 Å². The molecule has 1 heterocycles. The van der Waals surface area contributed by atoms with Gasteiger partial charge in [0, 0.05) is 24.1 Å². The number of nitrogens with one attached hydrogen (secondary N) is 1. The Balaban J connectivity index is 1.33. The Morgan fingerprint density at radius 2 is 2.17 bits per heavy atom. The van der Waals surface area contributed by atoms with Crippen molar-refractivity contribution < 1.29 is 13.7 Å². The van der Waals surface area contributed by atoms with Crippen LogP contribution in [0.3, 0.4) is 0 Å². The first-order chi connectivity index (χ1) is 11.6. The molecule has 1 aromatic heterocycles. The van der Waals surface area contributed by atoms with Crippen molar-refractivity contribution in [3.63, 3.8) is 0 Å². The molecule has 1 amide bonds. The number of amides is 1. The molecular formula is C17H19FN4O2. The van der Waals surface area contributed by atoms with Crippen LogP contribution in [-0.4, -0.2) is 22.1 Å². The highest BCUT2D eigenvalue weighted by molar-refractivity contribution is 5.77. The van der Waals surface area contributed by atoms with E-state index in [9.17, 15) is 9.18 Å². The second-order valence-corrected chi connectivity index (χ2v) is 6.66. The molecule has 7 heteroatoms. The lowest BCUT2D eigenvalue weighted by Gasteiger charge is -2.07. The molecule has 2 aromatic rings. The third-order valence-corrected chi connectivity index (χ3v) is 5.04. The van der Waals surface area contributed by atoms with Gasteiger partial charge in [0.25, 0.3) is 0 Å². The molecule has 0 spiro atoms. The summed E-state index contributed by atoms with van der Waals surface area (Å²) in [5.74, 6) is 1.72. The quantitative estimate of drug-likeness (QED) is 0.867. The maximum absolute atomic E-state index is 13.5. The van der Waals surface area contributed by atoms with Crippen LogP contribution in [0, 0.1) is 17.7 Å². The standard InChI is InChI=1S/C17H19FN4O2/c18-13-4-2-1-3-9(13)8-20-16(23)7-15-21-17(24-22-15)12-6-14(19)11-5-10(11)12/h1-4,10-12,14H,5-8,19H2,(H,20,23)/t10-,11+,12-,14+/m0/s1. The van der Waals surface area contributed by atoms with Crippen LogP contribution in [0.2, 0.25) is 0 Å². The van der Waals surface area contributed by atoms with Gasteiger partial charge in [-0.2, -0.15) is 4.98 Å². The topological polar surface area (TPSA) is 94.0 Å².